The van der Waals surface area contributed by atoms with Crippen LogP contribution in [-0.4, -0.2) is 14.5 Å². The SMILES string of the molecule is Cn1cnc(-c2cc3c(Oc4ccc(N)cc4F)ccnc3s2)c1. The largest absolute Gasteiger partial charge is 0.453 e. The molecule has 0 bridgehead atoms. The first kappa shape index (κ1) is 14.6. The maximum atomic E-state index is 14.0. The van der Waals surface area contributed by atoms with Crippen molar-refractivity contribution in [3.8, 4) is 22.1 Å². The van der Waals surface area contributed by atoms with Crippen molar-refractivity contribution in [2.24, 2.45) is 7.05 Å². The maximum Gasteiger partial charge on any atom is 0.167 e. The lowest BCUT2D eigenvalue weighted by Crippen LogP contribution is -1.91. The minimum Gasteiger partial charge on any atom is -0.453 e. The van der Waals surface area contributed by atoms with Crippen molar-refractivity contribution in [1.29, 1.82) is 0 Å². The molecule has 0 saturated heterocycles. The fraction of sp³-hybridized carbons (Fsp3) is 0.0588. The Labute approximate surface area is 141 Å². The summed E-state index contributed by atoms with van der Waals surface area (Å²) < 4.78 is 21.6. The van der Waals surface area contributed by atoms with Gasteiger partial charge < -0.3 is 15.0 Å². The lowest BCUT2D eigenvalue weighted by atomic mass is 10.2. The Balaban J connectivity index is 1.77. The molecule has 5 nitrogen and oxygen atoms in total. The molecule has 0 saturated carbocycles. The number of nitrogen functional groups attached to an aromatic ring is 1. The summed E-state index contributed by atoms with van der Waals surface area (Å²) in [4.78, 5) is 10.5. The van der Waals surface area contributed by atoms with Crippen molar-refractivity contribution in [1.82, 2.24) is 14.5 Å². The van der Waals surface area contributed by atoms with Gasteiger partial charge in [0, 0.05) is 31.2 Å². The number of rotatable bonds is 3. The van der Waals surface area contributed by atoms with Crippen LogP contribution in [0.4, 0.5) is 10.1 Å². The van der Waals surface area contributed by atoms with Gasteiger partial charge in [-0.15, -0.1) is 11.3 Å². The van der Waals surface area contributed by atoms with Crippen LogP contribution in [0.15, 0.2) is 49.1 Å². The Morgan fingerprint density at radius 3 is 2.79 bits per heavy atom. The van der Waals surface area contributed by atoms with Gasteiger partial charge in [-0.2, -0.15) is 0 Å². The zero-order chi connectivity index (χ0) is 16.7. The van der Waals surface area contributed by atoms with Crippen LogP contribution in [0.25, 0.3) is 20.8 Å². The quantitative estimate of drug-likeness (QED) is 0.567. The molecule has 0 fully saturated rings. The minimum atomic E-state index is -0.500. The monoisotopic (exact) mass is 340 g/mol. The number of aryl methyl sites for hydroxylation is 1. The molecule has 24 heavy (non-hydrogen) atoms. The summed E-state index contributed by atoms with van der Waals surface area (Å²) in [5.74, 6) is 0.171. The zero-order valence-electron chi connectivity index (χ0n) is 12.7. The minimum absolute atomic E-state index is 0.127. The Hall–Kier alpha value is -2.93. The van der Waals surface area contributed by atoms with E-state index in [0.29, 0.717) is 11.4 Å². The van der Waals surface area contributed by atoms with Gasteiger partial charge in [-0.25, -0.2) is 14.4 Å². The van der Waals surface area contributed by atoms with Gasteiger partial charge in [-0.05, 0) is 24.3 Å². The average Bonchev–Trinajstić information content (AvgIpc) is 3.16. The van der Waals surface area contributed by atoms with Crippen LogP contribution < -0.4 is 10.5 Å². The summed E-state index contributed by atoms with van der Waals surface area (Å²) in [6.45, 7) is 0. The molecule has 0 unspecified atom stereocenters. The molecule has 4 rings (SSSR count). The lowest BCUT2D eigenvalue weighted by Gasteiger charge is -2.08. The Morgan fingerprint density at radius 1 is 1.17 bits per heavy atom. The molecule has 0 spiro atoms. The van der Waals surface area contributed by atoms with E-state index >= 15 is 0 Å². The van der Waals surface area contributed by atoms with Crippen LogP contribution >= 0.6 is 11.3 Å². The first-order valence-electron chi connectivity index (χ1n) is 7.20. The topological polar surface area (TPSA) is 66.0 Å². The molecule has 0 aliphatic heterocycles. The highest BCUT2D eigenvalue weighted by Crippen LogP contribution is 2.38. The summed E-state index contributed by atoms with van der Waals surface area (Å²) in [5, 5.41) is 0.819. The fourth-order valence-electron chi connectivity index (χ4n) is 2.39. The number of hydrogen-bond acceptors (Lipinski definition) is 5. The number of ether oxygens (including phenoxy) is 1. The number of hydrogen-bond donors (Lipinski definition) is 1. The fourth-order valence-corrected chi connectivity index (χ4v) is 3.37. The van der Waals surface area contributed by atoms with E-state index in [2.05, 4.69) is 9.97 Å². The molecule has 7 heteroatoms. The van der Waals surface area contributed by atoms with Crippen molar-refractivity contribution in [2.45, 2.75) is 0 Å². The number of halogens is 1. The van der Waals surface area contributed by atoms with Crippen LogP contribution in [0.3, 0.4) is 0 Å². The van der Waals surface area contributed by atoms with Gasteiger partial charge in [-0.1, -0.05) is 0 Å². The van der Waals surface area contributed by atoms with E-state index < -0.39 is 5.82 Å². The molecule has 120 valence electrons. The van der Waals surface area contributed by atoms with E-state index in [4.69, 9.17) is 10.5 Å². The van der Waals surface area contributed by atoms with E-state index in [0.717, 1.165) is 20.8 Å². The predicted octanol–water partition coefficient (Wildman–Crippen LogP) is 4.21. The van der Waals surface area contributed by atoms with E-state index in [-0.39, 0.29) is 5.75 Å². The molecule has 3 heterocycles. The molecule has 0 amide bonds. The van der Waals surface area contributed by atoms with Crippen molar-refractivity contribution >= 4 is 27.2 Å². The van der Waals surface area contributed by atoms with E-state index in [1.54, 1.807) is 24.7 Å². The third-order valence-corrected chi connectivity index (χ3v) is 4.59. The van der Waals surface area contributed by atoms with Gasteiger partial charge in [0.1, 0.15) is 10.6 Å². The van der Waals surface area contributed by atoms with Crippen molar-refractivity contribution in [3.63, 3.8) is 0 Å². The number of benzene rings is 1. The standard InChI is InChI=1S/C17H13FN4OS/c1-22-8-13(21-9-22)16-7-11-14(4-5-20-17(11)24-16)23-15-3-2-10(19)6-12(15)18/h2-9H,19H2,1H3. The molecule has 0 aliphatic rings. The van der Waals surface area contributed by atoms with Gasteiger partial charge in [0.25, 0.3) is 0 Å². The summed E-state index contributed by atoms with van der Waals surface area (Å²) in [6.07, 6.45) is 5.32. The smallest absolute Gasteiger partial charge is 0.167 e. The highest BCUT2D eigenvalue weighted by molar-refractivity contribution is 7.21. The highest BCUT2D eigenvalue weighted by Gasteiger charge is 2.13. The number of thiophene rings is 1. The Kier molecular flexibility index (Phi) is 3.42. The lowest BCUT2D eigenvalue weighted by molar-refractivity contribution is 0.446. The number of nitrogens with two attached hydrogens (primary N) is 1. The first-order valence-corrected chi connectivity index (χ1v) is 8.01. The Bertz CT molecular complexity index is 1040. The normalized spacial score (nSPS) is 11.1. The summed E-state index contributed by atoms with van der Waals surface area (Å²) in [6, 6.07) is 8.03. The summed E-state index contributed by atoms with van der Waals surface area (Å²) >= 11 is 1.51. The van der Waals surface area contributed by atoms with E-state index in [1.165, 1.54) is 23.5 Å². The van der Waals surface area contributed by atoms with Crippen LogP contribution in [-0.2, 0) is 7.05 Å². The number of fused-ring (bicyclic) bond motifs is 1. The van der Waals surface area contributed by atoms with Gasteiger partial charge in [0.05, 0.1) is 22.3 Å². The van der Waals surface area contributed by atoms with Gasteiger partial charge >= 0.3 is 0 Å². The number of nitrogens with zero attached hydrogens (tertiary/aromatic N) is 3. The maximum absolute atomic E-state index is 14.0. The Morgan fingerprint density at radius 2 is 2.04 bits per heavy atom. The van der Waals surface area contributed by atoms with Gasteiger partial charge in [0.15, 0.2) is 11.6 Å². The van der Waals surface area contributed by atoms with E-state index in [1.807, 2.05) is 23.9 Å². The van der Waals surface area contributed by atoms with Crippen LogP contribution in [0.5, 0.6) is 11.5 Å². The molecule has 0 atom stereocenters. The van der Waals surface area contributed by atoms with Crippen LogP contribution in [0.1, 0.15) is 0 Å². The second-order valence-corrected chi connectivity index (χ2v) is 6.39. The molecule has 1 aromatic carbocycles. The third kappa shape index (κ3) is 2.59. The highest BCUT2D eigenvalue weighted by atomic mass is 32.1. The second-order valence-electron chi connectivity index (χ2n) is 5.35. The van der Waals surface area contributed by atoms with Crippen molar-refractivity contribution in [3.05, 3.63) is 54.9 Å². The number of aromatic nitrogens is 3. The molecule has 2 N–H and O–H groups in total. The molecule has 3 aromatic heterocycles. The van der Waals surface area contributed by atoms with Crippen LogP contribution in [0.2, 0.25) is 0 Å². The average molecular weight is 340 g/mol. The zero-order valence-corrected chi connectivity index (χ0v) is 13.5. The van der Waals surface area contributed by atoms with Gasteiger partial charge in [-0.3, -0.25) is 0 Å². The predicted molar refractivity (Wildman–Crippen MR) is 92.7 cm³/mol. The van der Waals surface area contributed by atoms with E-state index in [9.17, 15) is 4.39 Å². The van der Waals surface area contributed by atoms with Crippen molar-refractivity contribution < 1.29 is 9.13 Å². The number of pyridine rings is 1. The van der Waals surface area contributed by atoms with Gasteiger partial charge in [0.2, 0.25) is 0 Å². The van der Waals surface area contributed by atoms with Crippen LogP contribution in [0, 0.1) is 5.82 Å². The number of imidazole rings is 1. The van der Waals surface area contributed by atoms with Crippen molar-refractivity contribution in [2.75, 3.05) is 5.73 Å². The molecule has 4 aromatic rings. The summed E-state index contributed by atoms with van der Waals surface area (Å²) in [7, 11) is 1.92. The third-order valence-electron chi connectivity index (χ3n) is 3.53. The second kappa shape index (κ2) is 5.61. The molecule has 0 radical (unpaired) electrons. The number of anilines is 1. The molecule has 0 aliphatic carbocycles. The first-order chi connectivity index (χ1) is 11.6. The summed E-state index contributed by atoms with van der Waals surface area (Å²) in [5.41, 5.74) is 6.79. The molecular formula is C17H13FN4OS. The molecular weight excluding hydrogens is 327 g/mol.